The standard InChI is InChI=1S/C19H15IN2O5/c1-10-14(6-11-7-15(20)17(23)16(8-11)27-2)18(24)22(21-10)13-5-3-4-12(9-13)19(25)26/h3-9,23H,1-2H3,(H,25,26)/b14-6-. The number of anilines is 1. The van der Waals surface area contributed by atoms with Gasteiger partial charge in [0.25, 0.3) is 5.91 Å². The molecule has 0 atom stereocenters. The molecule has 7 nitrogen and oxygen atoms in total. The Morgan fingerprint density at radius 1 is 1.30 bits per heavy atom. The van der Waals surface area contributed by atoms with Crippen LogP contribution in [0.3, 0.4) is 0 Å². The van der Waals surface area contributed by atoms with Crippen molar-refractivity contribution >= 4 is 51.9 Å². The van der Waals surface area contributed by atoms with Gasteiger partial charge in [0.1, 0.15) is 0 Å². The van der Waals surface area contributed by atoms with Gasteiger partial charge < -0.3 is 14.9 Å². The summed E-state index contributed by atoms with van der Waals surface area (Å²) in [5, 5.41) is 24.5. The number of hydrazone groups is 1. The number of halogens is 1. The molecule has 3 rings (SSSR count). The molecule has 27 heavy (non-hydrogen) atoms. The van der Waals surface area contributed by atoms with E-state index in [-0.39, 0.29) is 17.2 Å². The number of aromatic hydroxyl groups is 1. The molecule has 0 aliphatic carbocycles. The highest BCUT2D eigenvalue weighted by atomic mass is 127. The van der Waals surface area contributed by atoms with Gasteiger partial charge in [-0.2, -0.15) is 10.1 Å². The predicted octanol–water partition coefficient (Wildman–Crippen LogP) is 3.51. The van der Waals surface area contributed by atoms with Crippen molar-refractivity contribution in [2.45, 2.75) is 6.92 Å². The maximum absolute atomic E-state index is 12.8. The van der Waals surface area contributed by atoms with Crippen LogP contribution in [0.5, 0.6) is 11.5 Å². The molecule has 138 valence electrons. The number of hydrogen-bond donors (Lipinski definition) is 2. The number of phenolic OH excluding ortho intramolecular Hbond substituents is 1. The Kier molecular flexibility index (Phi) is 5.17. The minimum absolute atomic E-state index is 0.0375. The second-order valence-electron chi connectivity index (χ2n) is 5.77. The van der Waals surface area contributed by atoms with Crippen LogP contribution in [0.25, 0.3) is 6.08 Å². The monoisotopic (exact) mass is 478 g/mol. The highest BCUT2D eigenvalue weighted by Crippen LogP contribution is 2.34. The van der Waals surface area contributed by atoms with Crippen LogP contribution < -0.4 is 9.75 Å². The van der Waals surface area contributed by atoms with Gasteiger partial charge in [-0.3, -0.25) is 4.79 Å². The minimum Gasteiger partial charge on any atom is -0.504 e. The molecule has 0 spiro atoms. The van der Waals surface area contributed by atoms with Gasteiger partial charge in [-0.05, 0) is 71.5 Å². The molecule has 1 aliphatic heterocycles. The number of benzene rings is 2. The summed E-state index contributed by atoms with van der Waals surface area (Å²) < 4.78 is 5.73. The van der Waals surface area contributed by atoms with Crippen LogP contribution in [-0.4, -0.2) is 34.9 Å². The Morgan fingerprint density at radius 2 is 2.04 bits per heavy atom. The summed E-state index contributed by atoms with van der Waals surface area (Å²) in [4.78, 5) is 24.0. The Morgan fingerprint density at radius 3 is 2.70 bits per heavy atom. The number of phenols is 1. The van der Waals surface area contributed by atoms with Gasteiger partial charge in [0.05, 0.1) is 33.2 Å². The topological polar surface area (TPSA) is 99.4 Å². The fourth-order valence-corrected chi connectivity index (χ4v) is 3.25. The molecular formula is C19H15IN2O5. The van der Waals surface area contributed by atoms with Crippen LogP contribution in [0.1, 0.15) is 22.8 Å². The smallest absolute Gasteiger partial charge is 0.335 e. The number of aromatic carboxylic acids is 1. The third-order valence-electron chi connectivity index (χ3n) is 3.98. The molecule has 1 heterocycles. The summed E-state index contributed by atoms with van der Waals surface area (Å²) >= 11 is 1.98. The lowest BCUT2D eigenvalue weighted by atomic mass is 10.1. The van der Waals surface area contributed by atoms with Gasteiger partial charge in [0, 0.05) is 0 Å². The minimum atomic E-state index is -1.08. The maximum atomic E-state index is 12.8. The third-order valence-corrected chi connectivity index (χ3v) is 4.80. The van der Waals surface area contributed by atoms with E-state index in [0.29, 0.717) is 31.9 Å². The molecule has 0 saturated heterocycles. The van der Waals surface area contributed by atoms with Crippen LogP contribution in [0, 0.1) is 3.57 Å². The fraction of sp³-hybridized carbons (Fsp3) is 0.105. The Balaban J connectivity index is 1.99. The van der Waals surface area contributed by atoms with Crippen molar-refractivity contribution in [2.24, 2.45) is 5.10 Å². The number of carboxylic acid groups (broad SMARTS) is 1. The molecule has 0 radical (unpaired) electrons. The van der Waals surface area contributed by atoms with Gasteiger partial charge in [-0.25, -0.2) is 4.79 Å². The number of ether oxygens (including phenoxy) is 1. The van der Waals surface area contributed by atoms with Crippen LogP contribution in [0.15, 0.2) is 47.1 Å². The third kappa shape index (κ3) is 3.65. The zero-order valence-corrected chi connectivity index (χ0v) is 16.6. The lowest BCUT2D eigenvalue weighted by Gasteiger charge is -2.12. The molecule has 0 fully saturated rings. The lowest BCUT2D eigenvalue weighted by Crippen LogP contribution is -2.21. The summed E-state index contributed by atoms with van der Waals surface area (Å²) in [6.07, 6.45) is 1.66. The van der Waals surface area contributed by atoms with E-state index in [1.165, 1.54) is 24.3 Å². The summed E-state index contributed by atoms with van der Waals surface area (Å²) in [6, 6.07) is 9.37. The van der Waals surface area contributed by atoms with Crippen LogP contribution in [-0.2, 0) is 4.79 Å². The van der Waals surface area contributed by atoms with Gasteiger partial charge in [0.2, 0.25) is 0 Å². The molecule has 1 aliphatic rings. The highest BCUT2D eigenvalue weighted by Gasteiger charge is 2.29. The van der Waals surface area contributed by atoms with Crippen LogP contribution >= 0.6 is 22.6 Å². The van der Waals surface area contributed by atoms with Crippen molar-refractivity contribution in [3.05, 3.63) is 56.7 Å². The van der Waals surface area contributed by atoms with E-state index < -0.39 is 5.97 Å². The first-order valence-corrected chi connectivity index (χ1v) is 8.91. The van der Waals surface area contributed by atoms with Crippen molar-refractivity contribution in [3.63, 3.8) is 0 Å². The maximum Gasteiger partial charge on any atom is 0.335 e. The van der Waals surface area contributed by atoms with Crippen molar-refractivity contribution < 1.29 is 24.5 Å². The Hall–Kier alpha value is -2.88. The average molecular weight is 478 g/mol. The average Bonchev–Trinajstić information content (AvgIpc) is 2.92. The highest BCUT2D eigenvalue weighted by molar-refractivity contribution is 14.1. The second kappa shape index (κ2) is 7.39. The number of carbonyl (C=O) groups excluding carboxylic acids is 1. The number of amides is 1. The molecular weight excluding hydrogens is 463 g/mol. The molecule has 2 aromatic carbocycles. The fourth-order valence-electron chi connectivity index (χ4n) is 2.63. The summed E-state index contributed by atoms with van der Waals surface area (Å²) in [7, 11) is 1.45. The van der Waals surface area contributed by atoms with Crippen LogP contribution in [0.4, 0.5) is 5.69 Å². The van der Waals surface area contributed by atoms with Crippen LogP contribution in [0.2, 0.25) is 0 Å². The van der Waals surface area contributed by atoms with Crippen molar-refractivity contribution in [1.82, 2.24) is 0 Å². The quantitative estimate of drug-likeness (QED) is 0.518. The summed E-state index contributed by atoms with van der Waals surface area (Å²) in [5.41, 5.74) is 2.00. The molecule has 0 aromatic heterocycles. The van der Waals surface area contributed by atoms with E-state index in [1.807, 2.05) is 22.6 Å². The molecule has 0 unspecified atom stereocenters. The Bertz CT molecular complexity index is 1010. The molecule has 0 saturated carbocycles. The van der Waals surface area contributed by atoms with Gasteiger partial charge in [-0.1, -0.05) is 6.07 Å². The van der Waals surface area contributed by atoms with E-state index in [4.69, 9.17) is 9.84 Å². The van der Waals surface area contributed by atoms with Gasteiger partial charge in [-0.15, -0.1) is 0 Å². The Labute approximate surface area is 168 Å². The second-order valence-corrected chi connectivity index (χ2v) is 6.93. The normalized spacial score (nSPS) is 15.2. The summed E-state index contributed by atoms with van der Waals surface area (Å²) in [5.74, 6) is -1.10. The van der Waals surface area contributed by atoms with Gasteiger partial charge >= 0.3 is 5.97 Å². The largest absolute Gasteiger partial charge is 0.504 e. The van der Waals surface area contributed by atoms with Crippen molar-refractivity contribution in [1.29, 1.82) is 0 Å². The molecule has 0 bridgehead atoms. The van der Waals surface area contributed by atoms with E-state index in [2.05, 4.69) is 5.10 Å². The summed E-state index contributed by atoms with van der Waals surface area (Å²) in [6.45, 7) is 1.70. The number of carboxylic acids is 1. The molecule has 2 aromatic rings. The lowest BCUT2D eigenvalue weighted by molar-refractivity contribution is -0.114. The molecule has 8 heteroatoms. The number of rotatable bonds is 4. The van der Waals surface area contributed by atoms with Crippen molar-refractivity contribution in [2.75, 3.05) is 12.1 Å². The molecule has 1 amide bonds. The van der Waals surface area contributed by atoms with E-state index in [1.54, 1.807) is 37.3 Å². The predicted molar refractivity (Wildman–Crippen MR) is 109 cm³/mol. The van der Waals surface area contributed by atoms with Gasteiger partial charge in [0.15, 0.2) is 11.5 Å². The molecule has 2 N–H and O–H groups in total. The van der Waals surface area contributed by atoms with E-state index in [9.17, 15) is 14.7 Å². The first-order valence-electron chi connectivity index (χ1n) is 7.83. The number of carbonyl (C=O) groups is 2. The zero-order valence-electron chi connectivity index (χ0n) is 14.4. The number of hydrogen-bond acceptors (Lipinski definition) is 5. The number of nitrogens with zero attached hydrogens (tertiary/aromatic N) is 2. The van der Waals surface area contributed by atoms with Crippen molar-refractivity contribution in [3.8, 4) is 11.5 Å². The van der Waals surface area contributed by atoms with E-state index in [0.717, 1.165) is 0 Å². The SMILES string of the molecule is COc1cc(/C=C2\C(=O)N(c3cccc(C(=O)O)c3)N=C2C)cc(I)c1O. The zero-order chi connectivity index (χ0) is 19.7. The first kappa shape index (κ1) is 18.9. The van der Waals surface area contributed by atoms with E-state index >= 15 is 0 Å². The number of methoxy groups -OCH3 is 1. The first-order chi connectivity index (χ1) is 12.8.